The van der Waals surface area contributed by atoms with Gasteiger partial charge in [0.25, 0.3) is 0 Å². The SMILES string of the molecule is C=C[SiH](C)NCCC[Si](C)(C)c1ccccc1. The molecule has 0 aliphatic heterocycles. The van der Waals surface area contributed by atoms with E-state index >= 15 is 0 Å². The minimum absolute atomic E-state index is 0.811. The summed E-state index contributed by atoms with van der Waals surface area (Å²) in [7, 11) is -2.02. The van der Waals surface area contributed by atoms with Crippen LogP contribution in [0, 0.1) is 0 Å². The molecule has 0 saturated carbocycles. The second kappa shape index (κ2) is 6.94. The molecule has 94 valence electrons. The molecule has 1 rings (SSSR count). The maximum absolute atomic E-state index is 3.84. The smallest absolute Gasteiger partial charge is 0.129 e. The van der Waals surface area contributed by atoms with Crippen molar-refractivity contribution >= 4 is 22.2 Å². The number of rotatable bonds is 7. The van der Waals surface area contributed by atoms with Gasteiger partial charge < -0.3 is 4.98 Å². The number of hydrogen-bond acceptors (Lipinski definition) is 1. The Morgan fingerprint density at radius 2 is 1.94 bits per heavy atom. The quantitative estimate of drug-likeness (QED) is 0.589. The second-order valence-corrected chi connectivity index (χ2v) is 12.6. The Labute approximate surface area is 109 Å². The topological polar surface area (TPSA) is 12.0 Å². The Morgan fingerprint density at radius 3 is 2.53 bits per heavy atom. The summed E-state index contributed by atoms with van der Waals surface area (Å²) in [4.78, 5) is 3.60. The first-order valence-corrected chi connectivity index (χ1v) is 12.1. The molecule has 0 bridgehead atoms. The van der Waals surface area contributed by atoms with Gasteiger partial charge in [0.05, 0.1) is 8.07 Å². The van der Waals surface area contributed by atoms with E-state index in [0.717, 1.165) is 6.54 Å². The largest absolute Gasteiger partial charge is 0.337 e. The van der Waals surface area contributed by atoms with Crippen LogP contribution >= 0.6 is 0 Å². The summed E-state index contributed by atoms with van der Waals surface area (Å²) in [5, 5.41) is 1.58. The molecule has 0 aromatic heterocycles. The zero-order chi connectivity index (χ0) is 12.7. The molecule has 0 aliphatic carbocycles. The van der Waals surface area contributed by atoms with Gasteiger partial charge in [-0.15, -0.1) is 6.58 Å². The zero-order valence-electron chi connectivity index (χ0n) is 11.4. The molecule has 0 amide bonds. The van der Waals surface area contributed by atoms with E-state index in [1.165, 1.54) is 12.5 Å². The van der Waals surface area contributed by atoms with Crippen LogP contribution in [0.4, 0.5) is 0 Å². The Balaban J connectivity index is 2.38. The molecule has 0 aliphatic rings. The fraction of sp³-hybridized carbons (Fsp3) is 0.429. The minimum atomic E-state index is -1.21. The lowest BCUT2D eigenvalue weighted by molar-refractivity contribution is 0.844. The third-order valence-corrected chi connectivity index (χ3v) is 8.49. The van der Waals surface area contributed by atoms with E-state index in [4.69, 9.17) is 0 Å². The van der Waals surface area contributed by atoms with Crippen LogP contribution in [0.15, 0.2) is 42.6 Å². The second-order valence-electron chi connectivity index (χ2n) is 5.33. The van der Waals surface area contributed by atoms with E-state index in [9.17, 15) is 0 Å². The van der Waals surface area contributed by atoms with Crippen molar-refractivity contribution in [2.24, 2.45) is 0 Å². The Kier molecular flexibility index (Phi) is 5.88. The van der Waals surface area contributed by atoms with Crippen LogP contribution in [0.3, 0.4) is 0 Å². The molecule has 3 heteroatoms. The third kappa shape index (κ3) is 5.02. The third-order valence-electron chi connectivity index (χ3n) is 3.35. The summed E-state index contributed by atoms with van der Waals surface area (Å²) in [6.07, 6.45) is 1.29. The summed E-state index contributed by atoms with van der Waals surface area (Å²) >= 11 is 0. The first kappa shape index (κ1) is 14.4. The minimum Gasteiger partial charge on any atom is -0.337 e. The van der Waals surface area contributed by atoms with Gasteiger partial charge in [-0.25, -0.2) is 0 Å². The van der Waals surface area contributed by atoms with Crippen molar-refractivity contribution in [1.82, 2.24) is 4.98 Å². The maximum Gasteiger partial charge on any atom is 0.129 e. The van der Waals surface area contributed by atoms with Gasteiger partial charge in [0.1, 0.15) is 8.96 Å². The van der Waals surface area contributed by atoms with Gasteiger partial charge in [-0.3, -0.25) is 0 Å². The lowest BCUT2D eigenvalue weighted by Gasteiger charge is -2.23. The molecule has 1 nitrogen and oxygen atoms in total. The molecule has 1 unspecified atom stereocenters. The fourth-order valence-electron chi connectivity index (χ4n) is 1.98. The standard InChI is InChI=1S/C14H25NSi2/c1-5-16(2)15-12-9-13-17(3,4)14-10-7-6-8-11-14/h5-8,10-11,15-16H,1,9,12-13H2,2-4H3. The van der Waals surface area contributed by atoms with Crippen molar-refractivity contribution in [3.05, 3.63) is 42.6 Å². The van der Waals surface area contributed by atoms with Crippen LogP contribution in [-0.2, 0) is 0 Å². The molecule has 0 saturated heterocycles. The predicted octanol–water partition coefficient (Wildman–Crippen LogP) is 2.66. The normalized spacial score (nSPS) is 13.4. The van der Waals surface area contributed by atoms with Gasteiger partial charge in [0, 0.05) is 0 Å². The summed E-state index contributed by atoms with van der Waals surface area (Å²) in [5.41, 5.74) is 2.10. The van der Waals surface area contributed by atoms with Crippen LogP contribution < -0.4 is 10.2 Å². The fourth-order valence-corrected chi connectivity index (χ4v) is 5.25. The van der Waals surface area contributed by atoms with Gasteiger partial charge in [0.2, 0.25) is 0 Å². The van der Waals surface area contributed by atoms with Crippen molar-refractivity contribution < 1.29 is 0 Å². The van der Waals surface area contributed by atoms with Gasteiger partial charge in [-0.2, -0.15) is 0 Å². The van der Waals surface area contributed by atoms with Crippen molar-refractivity contribution in [3.8, 4) is 0 Å². The Bertz CT molecular complexity index is 335. The van der Waals surface area contributed by atoms with Crippen LogP contribution in [0.2, 0.25) is 25.7 Å². The van der Waals surface area contributed by atoms with Crippen LogP contribution in [-0.4, -0.2) is 23.6 Å². The predicted molar refractivity (Wildman–Crippen MR) is 84.2 cm³/mol. The van der Waals surface area contributed by atoms with Crippen molar-refractivity contribution in [3.63, 3.8) is 0 Å². The van der Waals surface area contributed by atoms with Gasteiger partial charge in [-0.1, -0.05) is 66.9 Å². The molecule has 0 radical (unpaired) electrons. The Hall–Kier alpha value is -0.646. The molecule has 1 atom stereocenters. The van der Waals surface area contributed by atoms with Gasteiger partial charge in [-0.05, 0) is 13.0 Å². The van der Waals surface area contributed by atoms with E-state index < -0.39 is 17.0 Å². The van der Waals surface area contributed by atoms with Crippen molar-refractivity contribution in [2.75, 3.05) is 6.54 Å². The highest BCUT2D eigenvalue weighted by atomic mass is 28.3. The van der Waals surface area contributed by atoms with Gasteiger partial charge in [0.15, 0.2) is 0 Å². The highest BCUT2D eigenvalue weighted by molar-refractivity contribution is 6.89. The molecule has 17 heavy (non-hydrogen) atoms. The molecule has 1 N–H and O–H groups in total. The average Bonchev–Trinajstić information content (AvgIpc) is 2.35. The lowest BCUT2D eigenvalue weighted by atomic mass is 10.4. The van der Waals surface area contributed by atoms with E-state index in [2.05, 4.69) is 67.2 Å². The van der Waals surface area contributed by atoms with Crippen molar-refractivity contribution in [1.29, 1.82) is 0 Å². The van der Waals surface area contributed by atoms with E-state index in [1.807, 2.05) is 0 Å². The van der Waals surface area contributed by atoms with Crippen molar-refractivity contribution in [2.45, 2.75) is 32.1 Å². The lowest BCUT2D eigenvalue weighted by Crippen LogP contribution is -2.42. The zero-order valence-corrected chi connectivity index (χ0v) is 13.5. The molecule has 0 heterocycles. The summed E-state index contributed by atoms with van der Waals surface area (Å²) in [5.74, 6) is 0. The maximum atomic E-state index is 3.84. The number of nitrogens with one attached hydrogen (secondary N) is 1. The molecule has 1 aromatic carbocycles. The monoisotopic (exact) mass is 263 g/mol. The van der Waals surface area contributed by atoms with Crippen LogP contribution in [0.1, 0.15) is 6.42 Å². The molecule has 0 fully saturated rings. The number of hydrogen-bond donors (Lipinski definition) is 1. The highest BCUT2D eigenvalue weighted by Crippen LogP contribution is 2.11. The highest BCUT2D eigenvalue weighted by Gasteiger charge is 2.22. The summed E-state index contributed by atoms with van der Waals surface area (Å²) in [6, 6.07) is 12.4. The Morgan fingerprint density at radius 1 is 1.29 bits per heavy atom. The molecule has 1 aromatic rings. The molecular weight excluding hydrogens is 238 g/mol. The van der Waals surface area contributed by atoms with E-state index in [0.29, 0.717) is 0 Å². The molecular formula is C14H25NSi2. The summed E-state index contributed by atoms with van der Waals surface area (Å²) < 4.78 is 0. The number of benzene rings is 1. The summed E-state index contributed by atoms with van der Waals surface area (Å²) in [6.45, 7) is 12.2. The van der Waals surface area contributed by atoms with Crippen LogP contribution in [0.25, 0.3) is 0 Å². The van der Waals surface area contributed by atoms with Crippen LogP contribution in [0.5, 0.6) is 0 Å². The van der Waals surface area contributed by atoms with Gasteiger partial charge >= 0.3 is 0 Å². The average molecular weight is 264 g/mol. The molecule has 0 spiro atoms. The van der Waals surface area contributed by atoms with E-state index in [1.54, 1.807) is 5.19 Å². The first-order chi connectivity index (χ1) is 8.06. The van der Waals surface area contributed by atoms with E-state index in [-0.39, 0.29) is 0 Å². The first-order valence-electron chi connectivity index (χ1n) is 6.48.